The fourth-order valence-electron chi connectivity index (χ4n) is 1.70. The molecule has 19 heavy (non-hydrogen) atoms. The van der Waals surface area contributed by atoms with Crippen molar-refractivity contribution in [1.29, 1.82) is 0 Å². The first-order valence-electron chi connectivity index (χ1n) is 6.44. The lowest BCUT2D eigenvalue weighted by molar-refractivity contribution is -0.0211. The molecule has 1 heterocycles. The van der Waals surface area contributed by atoms with Gasteiger partial charge in [0.05, 0.1) is 12.3 Å². The SMILES string of the molecule is CCOC(C)(C)c1nc(CNCCOC)cc(=O)[nH]1. The predicted octanol–water partition coefficient (Wildman–Crippen LogP) is 0.777. The maximum Gasteiger partial charge on any atom is 0.251 e. The average Bonchev–Trinajstić information content (AvgIpc) is 2.34. The summed E-state index contributed by atoms with van der Waals surface area (Å²) in [5, 5.41) is 3.16. The molecule has 0 spiro atoms. The molecule has 0 amide bonds. The number of nitrogens with zero attached hydrogens (tertiary/aromatic N) is 1. The third-order valence-electron chi connectivity index (χ3n) is 2.66. The summed E-state index contributed by atoms with van der Waals surface area (Å²) in [6.07, 6.45) is 0. The van der Waals surface area contributed by atoms with Gasteiger partial charge in [0.25, 0.3) is 5.56 Å². The zero-order valence-corrected chi connectivity index (χ0v) is 12.1. The van der Waals surface area contributed by atoms with Crippen molar-refractivity contribution in [2.75, 3.05) is 26.9 Å². The molecular weight excluding hydrogens is 246 g/mol. The number of aromatic amines is 1. The minimum Gasteiger partial charge on any atom is -0.383 e. The van der Waals surface area contributed by atoms with Crippen LogP contribution in [0.1, 0.15) is 32.3 Å². The molecule has 0 saturated heterocycles. The van der Waals surface area contributed by atoms with Gasteiger partial charge >= 0.3 is 0 Å². The Morgan fingerprint density at radius 2 is 2.21 bits per heavy atom. The smallest absolute Gasteiger partial charge is 0.251 e. The van der Waals surface area contributed by atoms with Crippen LogP contribution in [0.2, 0.25) is 0 Å². The fraction of sp³-hybridized carbons (Fsp3) is 0.692. The van der Waals surface area contributed by atoms with Crippen molar-refractivity contribution in [2.24, 2.45) is 0 Å². The van der Waals surface area contributed by atoms with Gasteiger partial charge in [-0.25, -0.2) is 4.98 Å². The van der Waals surface area contributed by atoms with Crippen LogP contribution in [0.4, 0.5) is 0 Å². The van der Waals surface area contributed by atoms with E-state index in [1.165, 1.54) is 6.07 Å². The highest BCUT2D eigenvalue weighted by Crippen LogP contribution is 2.19. The zero-order valence-electron chi connectivity index (χ0n) is 12.1. The number of methoxy groups -OCH3 is 1. The second kappa shape index (κ2) is 7.37. The average molecular weight is 269 g/mol. The highest BCUT2D eigenvalue weighted by Gasteiger charge is 2.24. The van der Waals surface area contributed by atoms with E-state index in [2.05, 4.69) is 15.3 Å². The maximum atomic E-state index is 11.6. The van der Waals surface area contributed by atoms with E-state index in [0.29, 0.717) is 31.3 Å². The molecule has 0 bridgehead atoms. The standard InChI is InChI=1S/C13H23N3O3/c1-5-19-13(2,3)12-15-10(8-11(17)16-12)9-14-6-7-18-4/h8,14H,5-7,9H2,1-4H3,(H,15,16,17). The van der Waals surface area contributed by atoms with Crippen molar-refractivity contribution < 1.29 is 9.47 Å². The molecule has 1 rings (SSSR count). The van der Waals surface area contributed by atoms with Crippen LogP contribution in [-0.2, 0) is 21.6 Å². The Labute approximate surface area is 113 Å². The van der Waals surface area contributed by atoms with Crippen LogP contribution in [-0.4, -0.2) is 36.8 Å². The summed E-state index contributed by atoms with van der Waals surface area (Å²) in [4.78, 5) is 18.8. The number of nitrogens with one attached hydrogen (secondary N) is 2. The van der Waals surface area contributed by atoms with Crippen molar-refractivity contribution in [1.82, 2.24) is 15.3 Å². The first kappa shape index (κ1) is 15.8. The highest BCUT2D eigenvalue weighted by atomic mass is 16.5. The summed E-state index contributed by atoms with van der Waals surface area (Å²) >= 11 is 0. The second-order valence-electron chi connectivity index (χ2n) is 4.70. The summed E-state index contributed by atoms with van der Waals surface area (Å²) in [7, 11) is 1.65. The highest BCUT2D eigenvalue weighted by molar-refractivity contribution is 5.07. The van der Waals surface area contributed by atoms with Gasteiger partial charge in [-0.1, -0.05) is 0 Å². The lowest BCUT2D eigenvalue weighted by atomic mass is 10.1. The van der Waals surface area contributed by atoms with Crippen LogP contribution in [0.3, 0.4) is 0 Å². The normalized spacial score (nSPS) is 11.8. The topological polar surface area (TPSA) is 76.2 Å². The number of hydrogen-bond acceptors (Lipinski definition) is 5. The van der Waals surface area contributed by atoms with Crippen molar-refractivity contribution in [3.05, 3.63) is 27.9 Å². The Morgan fingerprint density at radius 1 is 1.47 bits per heavy atom. The van der Waals surface area contributed by atoms with Crippen molar-refractivity contribution in [3.63, 3.8) is 0 Å². The molecule has 108 valence electrons. The Bertz CT molecular complexity index is 443. The van der Waals surface area contributed by atoms with E-state index in [1.807, 2.05) is 20.8 Å². The molecular formula is C13H23N3O3. The van der Waals surface area contributed by atoms with Crippen molar-refractivity contribution >= 4 is 0 Å². The van der Waals surface area contributed by atoms with E-state index in [-0.39, 0.29) is 5.56 Å². The van der Waals surface area contributed by atoms with Gasteiger partial charge in [0.15, 0.2) is 0 Å². The van der Waals surface area contributed by atoms with Crippen LogP contribution in [0.5, 0.6) is 0 Å². The summed E-state index contributed by atoms with van der Waals surface area (Å²) < 4.78 is 10.5. The minimum atomic E-state index is -0.601. The van der Waals surface area contributed by atoms with Gasteiger partial charge in [0.2, 0.25) is 0 Å². The molecule has 0 aromatic carbocycles. The quantitative estimate of drug-likeness (QED) is 0.682. The molecule has 0 unspecified atom stereocenters. The monoisotopic (exact) mass is 269 g/mol. The van der Waals surface area contributed by atoms with Gasteiger partial charge in [-0.2, -0.15) is 0 Å². The molecule has 0 saturated carbocycles. The van der Waals surface area contributed by atoms with Crippen LogP contribution >= 0.6 is 0 Å². The number of aromatic nitrogens is 2. The molecule has 0 aliphatic heterocycles. The predicted molar refractivity (Wildman–Crippen MR) is 73.1 cm³/mol. The van der Waals surface area contributed by atoms with Crippen molar-refractivity contribution in [2.45, 2.75) is 32.9 Å². The van der Waals surface area contributed by atoms with E-state index in [0.717, 1.165) is 6.54 Å². The second-order valence-corrected chi connectivity index (χ2v) is 4.70. The van der Waals surface area contributed by atoms with Gasteiger partial charge in [-0.15, -0.1) is 0 Å². The molecule has 1 aromatic heterocycles. The van der Waals surface area contributed by atoms with Crippen LogP contribution < -0.4 is 10.9 Å². The van der Waals surface area contributed by atoms with Gasteiger partial charge in [-0.3, -0.25) is 4.79 Å². The molecule has 0 atom stereocenters. The van der Waals surface area contributed by atoms with E-state index in [4.69, 9.17) is 9.47 Å². The first-order chi connectivity index (χ1) is 8.99. The Morgan fingerprint density at radius 3 is 2.84 bits per heavy atom. The first-order valence-corrected chi connectivity index (χ1v) is 6.44. The molecule has 0 fully saturated rings. The van der Waals surface area contributed by atoms with Gasteiger partial charge < -0.3 is 19.8 Å². The Hall–Kier alpha value is -1.24. The van der Waals surface area contributed by atoms with Gasteiger partial charge in [0, 0.05) is 32.9 Å². The van der Waals surface area contributed by atoms with Crippen LogP contribution in [0.25, 0.3) is 0 Å². The van der Waals surface area contributed by atoms with E-state index >= 15 is 0 Å². The fourth-order valence-corrected chi connectivity index (χ4v) is 1.70. The molecule has 6 heteroatoms. The van der Waals surface area contributed by atoms with E-state index in [9.17, 15) is 4.79 Å². The molecule has 2 N–H and O–H groups in total. The molecule has 0 aliphatic rings. The summed E-state index contributed by atoms with van der Waals surface area (Å²) in [5.74, 6) is 0.547. The zero-order chi connectivity index (χ0) is 14.3. The Kier molecular flexibility index (Phi) is 6.14. The largest absolute Gasteiger partial charge is 0.383 e. The molecule has 0 aliphatic carbocycles. The number of rotatable bonds is 8. The lowest BCUT2D eigenvalue weighted by Crippen LogP contribution is -2.29. The summed E-state index contributed by atoms with van der Waals surface area (Å²) in [6, 6.07) is 1.49. The molecule has 6 nitrogen and oxygen atoms in total. The van der Waals surface area contributed by atoms with Gasteiger partial charge in [-0.05, 0) is 20.8 Å². The van der Waals surface area contributed by atoms with E-state index < -0.39 is 5.60 Å². The number of H-pyrrole nitrogens is 1. The summed E-state index contributed by atoms with van der Waals surface area (Å²) in [6.45, 7) is 8.12. The third kappa shape index (κ3) is 5.10. The van der Waals surface area contributed by atoms with E-state index in [1.54, 1.807) is 7.11 Å². The van der Waals surface area contributed by atoms with Crippen LogP contribution in [0, 0.1) is 0 Å². The van der Waals surface area contributed by atoms with Crippen LogP contribution in [0.15, 0.2) is 10.9 Å². The molecule has 1 aromatic rings. The number of ether oxygens (including phenoxy) is 2. The Balaban J connectivity index is 2.79. The third-order valence-corrected chi connectivity index (χ3v) is 2.66. The lowest BCUT2D eigenvalue weighted by Gasteiger charge is -2.23. The summed E-state index contributed by atoms with van der Waals surface area (Å²) in [5.41, 5.74) is -0.0693. The maximum absolute atomic E-state index is 11.6. The number of hydrogen-bond donors (Lipinski definition) is 2. The minimum absolute atomic E-state index is 0.165. The molecule has 0 radical (unpaired) electrons. The van der Waals surface area contributed by atoms with Gasteiger partial charge in [0.1, 0.15) is 11.4 Å². The van der Waals surface area contributed by atoms with Crippen molar-refractivity contribution in [3.8, 4) is 0 Å².